The van der Waals surface area contributed by atoms with Gasteiger partial charge in [0.25, 0.3) is 0 Å². The summed E-state index contributed by atoms with van der Waals surface area (Å²) >= 11 is 0. The Morgan fingerprint density at radius 2 is 1.52 bits per heavy atom. The first-order valence-electron chi connectivity index (χ1n) is 8.04. The first-order chi connectivity index (χ1) is 10.6. The van der Waals surface area contributed by atoms with Gasteiger partial charge >= 0.3 is 0 Å². The summed E-state index contributed by atoms with van der Waals surface area (Å²) in [6.07, 6.45) is 1.42. The zero-order valence-corrected chi connectivity index (χ0v) is 15.4. The maximum Gasteiger partial charge on any atom is 0.223 e. The molecule has 0 aromatic carbocycles. The summed E-state index contributed by atoms with van der Waals surface area (Å²) in [5, 5.41) is 0. The molecule has 0 N–H and O–H groups in total. The zero-order chi connectivity index (χ0) is 17.3. The summed E-state index contributed by atoms with van der Waals surface area (Å²) in [7, 11) is -4.29. The number of nitrogens with zero attached hydrogens (tertiary/aromatic N) is 2. The summed E-state index contributed by atoms with van der Waals surface area (Å²) in [5.41, 5.74) is 0. The van der Waals surface area contributed by atoms with E-state index in [2.05, 4.69) is 0 Å². The number of carbonyl (C=O) groups is 1. The van der Waals surface area contributed by atoms with Crippen LogP contribution in [0.4, 0.5) is 0 Å². The first kappa shape index (κ1) is 18.7. The van der Waals surface area contributed by atoms with E-state index in [0.29, 0.717) is 25.9 Å². The standard InChI is InChI=1S/C14H26N2O5S2/c1-3-16(13-6-9-23(20,21)11-13)7-4-14(17)15(2)12-5-8-22(18,19)10-12/h12-13H,3-11H2,1-2H3. The van der Waals surface area contributed by atoms with E-state index < -0.39 is 19.7 Å². The van der Waals surface area contributed by atoms with Gasteiger partial charge < -0.3 is 4.90 Å². The lowest BCUT2D eigenvalue weighted by molar-refractivity contribution is -0.131. The molecular weight excluding hydrogens is 340 g/mol. The molecule has 2 saturated heterocycles. The maximum absolute atomic E-state index is 12.3. The summed E-state index contributed by atoms with van der Waals surface area (Å²) in [6, 6.07) is -0.232. The lowest BCUT2D eigenvalue weighted by atomic mass is 10.2. The maximum atomic E-state index is 12.3. The van der Waals surface area contributed by atoms with Crippen molar-refractivity contribution in [3.63, 3.8) is 0 Å². The molecule has 9 heteroatoms. The van der Waals surface area contributed by atoms with Crippen molar-refractivity contribution in [2.45, 2.75) is 38.3 Å². The minimum absolute atomic E-state index is 0.00466. The first-order valence-corrected chi connectivity index (χ1v) is 11.7. The van der Waals surface area contributed by atoms with Crippen LogP contribution in [0.2, 0.25) is 0 Å². The number of hydrogen-bond donors (Lipinski definition) is 0. The third kappa shape index (κ3) is 4.90. The molecule has 134 valence electrons. The molecule has 2 aliphatic heterocycles. The molecule has 2 rings (SSSR count). The van der Waals surface area contributed by atoms with Gasteiger partial charge in [0.05, 0.1) is 23.0 Å². The van der Waals surface area contributed by atoms with Crippen LogP contribution in [0.3, 0.4) is 0 Å². The number of amides is 1. The van der Waals surface area contributed by atoms with Crippen LogP contribution in [0.15, 0.2) is 0 Å². The van der Waals surface area contributed by atoms with E-state index >= 15 is 0 Å². The molecule has 0 saturated carbocycles. The molecule has 0 spiro atoms. The third-order valence-electron chi connectivity index (χ3n) is 4.89. The molecule has 2 unspecified atom stereocenters. The van der Waals surface area contributed by atoms with Gasteiger partial charge in [-0.1, -0.05) is 6.92 Å². The van der Waals surface area contributed by atoms with Gasteiger partial charge in [0.15, 0.2) is 19.7 Å². The van der Waals surface area contributed by atoms with Crippen LogP contribution in [0.25, 0.3) is 0 Å². The quantitative estimate of drug-likeness (QED) is 0.631. The highest BCUT2D eigenvalue weighted by Gasteiger charge is 2.34. The molecule has 2 heterocycles. The second-order valence-electron chi connectivity index (χ2n) is 6.50. The van der Waals surface area contributed by atoms with Crippen molar-refractivity contribution in [3.8, 4) is 0 Å². The van der Waals surface area contributed by atoms with E-state index in [-0.39, 0.29) is 47.4 Å². The lowest BCUT2D eigenvalue weighted by Gasteiger charge is -2.28. The van der Waals surface area contributed by atoms with Gasteiger partial charge in [0.1, 0.15) is 0 Å². The Kier molecular flexibility index (Phi) is 5.73. The molecule has 0 aromatic rings. The monoisotopic (exact) mass is 366 g/mol. The van der Waals surface area contributed by atoms with E-state index in [4.69, 9.17) is 0 Å². The Morgan fingerprint density at radius 1 is 1.00 bits per heavy atom. The highest BCUT2D eigenvalue weighted by molar-refractivity contribution is 7.91. The molecule has 2 atom stereocenters. The van der Waals surface area contributed by atoms with Gasteiger partial charge in [-0.05, 0) is 19.4 Å². The van der Waals surface area contributed by atoms with Gasteiger partial charge in [0, 0.05) is 32.1 Å². The Hall–Kier alpha value is -0.670. The molecule has 23 heavy (non-hydrogen) atoms. The van der Waals surface area contributed by atoms with Crippen molar-refractivity contribution in [1.29, 1.82) is 0 Å². The fourth-order valence-corrected chi connectivity index (χ4v) is 6.90. The second-order valence-corrected chi connectivity index (χ2v) is 11.0. The number of hydrogen-bond acceptors (Lipinski definition) is 6. The average molecular weight is 367 g/mol. The van der Waals surface area contributed by atoms with Crippen molar-refractivity contribution in [2.75, 3.05) is 43.1 Å². The van der Waals surface area contributed by atoms with Crippen LogP contribution in [0.5, 0.6) is 0 Å². The van der Waals surface area contributed by atoms with Crippen molar-refractivity contribution in [3.05, 3.63) is 0 Å². The second kappa shape index (κ2) is 7.06. The minimum Gasteiger partial charge on any atom is -0.342 e. The van der Waals surface area contributed by atoms with Gasteiger partial charge in [-0.2, -0.15) is 0 Å². The molecule has 0 radical (unpaired) electrons. The van der Waals surface area contributed by atoms with Crippen LogP contribution < -0.4 is 0 Å². The van der Waals surface area contributed by atoms with E-state index in [0.717, 1.165) is 0 Å². The lowest BCUT2D eigenvalue weighted by Crippen LogP contribution is -2.42. The van der Waals surface area contributed by atoms with Crippen molar-refractivity contribution >= 4 is 25.6 Å². The molecule has 2 fully saturated rings. The van der Waals surface area contributed by atoms with Gasteiger partial charge in [-0.3, -0.25) is 9.69 Å². The van der Waals surface area contributed by atoms with Crippen LogP contribution >= 0.6 is 0 Å². The van der Waals surface area contributed by atoms with Crippen LogP contribution in [0.1, 0.15) is 26.2 Å². The minimum atomic E-state index is -3.01. The molecule has 0 aromatic heterocycles. The largest absolute Gasteiger partial charge is 0.342 e. The number of rotatable bonds is 6. The molecule has 2 aliphatic rings. The summed E-state index contributed by atoms with van der Waals surface area (Å²) in [6.45, 7) is 3.18. The highest BCUT2D eigenvalue weighted by atomic mass is 32.2. The average Bonchev–Trinajstić information content (AvgIpc) is 3.00. The Morgan fingerprint density at radius 3 is 1.96 bits per heavy atom. The van der Waals surface area contributed by atoms with E-state index in [1.54, 1.807) is 11.9 Å². The molecular formula is C14H26N2O5S2. The van der Waals surface area contributed by atoms with Gasteiger partial charge in [0.2, 0.25) is 5.91 Å². The topological polar surface area (TPSA) is 91.8 Å². The third-order valence-corrected chi connectivity index (χ3v) is 8.39. The fourth-order valence-electron chi connectivity index (χ4n) is 3.36. The van der Waals surface area contributed by atoms with Crippen LogP contribution in [0, 0.1) is 0 Å². The Balaban J connectivity index is 1.85. The van der Waals surface area contributed by atoms with E-state index in [1.165, 1.54) is 0 Å². The predicted molar refractivity (Wildman–Crippen MR) is 88.8 cm³/mol. The van der Waals surface area contributed by atoms with E-state index in [9.17, 15) is 21.6 Å². The summed E-state index contributed by atoms with van der Waals surface area (Å²) in [5.74, 6) is 0.517. The smallest absolute Gasteiger partial charge is 0.223 e. The SMILES string of the molecule is CCN(CCC(=O)N(C)C1CCS(=O)(=O)C1)C1CCS(=O)(=O)C1. The zero-order valence-electron chi connectivity index (χ0n) is 13.8. The molecule has 1 amide bonds. The van der Waals surface area contributed by atoms with Crippen molar-refractivity contribution in [2.24, 2.45) is 0 Å². The van der Waals surface area contributed by atoms with Crippen LogP contribution in [-0.4, -0.2) is 87.8 Å². The van der Waals surface area contributed by atoms with Crippen molar-refractivity contribution in [1.82, 2.24) is 9.80 Å². The predicted octanol–water partition coefficient (Wildman–Crippen LogP) is -0.469. The van der Waals surface area contributed by atoms with Gasteiger partial charge in [-0.15, -0.1) is 0 Å². The molecule has 0 aliphatic carbocycles. The van der Waals surface area contributed by atoms with Gasteiger partial charge in [-0.25, -0.2) is 16.8 Å². The highest BCUT2D eigenvalue weighted by Crippen LogP contribution is 2.19. The number of sulfone groups is 2. The Labute approximate surface area is 138 Å². The summed E-state index contributed by atoms with van der Waals surface area (Å²) in [4.78, 5) is 15.9. The number of carbonyl (C=O) groups excluding carboxylic acids is 1. The van der Waals surface area contributed by atoms with Crippen LogP contribution in [-0.2, 0) is 24.5 Å². The fraction of sp³-hybridized carbons (Fsp3) is 0.929. The summed E-state index contributed by atoms with van der Waals surface area (Å²) < 4.78 is 46.2. The Bertz CT molecular complexity index is 644. The van der Waals surface area contributed by atoms with Crippen molar-refractivity contribution < 1.29 is 21.6 Å². The molecule has 0 bridgehead atoms. The normalized spacial score (nSPS) is 29.0. The molecule has 7 nitrogen and oxygen atoms in total. The van der Waals surface area contributed by atoms with E-state index in [1.807, 2.05) is 11.8 Å².